The summed E-state index contributed by atoms with van der Waals surface area (Å²) in [5, 5.41) is 0. The number of carbonyl (C=O) groups excluding carboxylic acids is 1. The van der Waals surface area contributed by atoms with Gasteiger partial charge in [-0.2, -0.15) is 13.1 Å². The maximum atomic E-state index is 15.0. The van der Waals surface area contributed by atoms with Crippen LogP contribution >= 0.6 is 0 Å². The van der Waals surface area contributed by atoms with E-state index in [0.717, 1.165) is 11.1 Å². The van der Waals surface area contributed by atoms with Crippen LogP contribution in [0.2, 0.25) is 0 Å². The Morgan fingerprint density at radius 2 is 1.78 bits per heavy atom. The van der Waals surface area contributed by atoms with Gasteiger partial charge in [-0.05, 0) is 55.0 Å². The quantitative estimate of drug-likeness (QED) is 0.386. The monoisotopic (exact) mass is 511 g/mol. The van der Waals surface area contributed by atoms with Crippen LogP contribution in [0.1, 0.15) is 30.4 Å². The van der Waals surface area contributed by atoms with Gasteiger partial charge < -0.3 is 10.5 Å². The molecule has 4 rings (SSSR count). The predicted octanol–water partition coefficient (Wildman–Crippen LogP) is 3.69. The molecule has 1 aliphatic rings. The van der Waals surface area contributed by atoms with Gasteiger partial charge in [0.2, 0.25) is 5.91 Å². The number of hydrogen-bond donors (Lipinski definition) is 3. The number of nitrogens with one attached hydrogen (secondary N) is 2. The summed E-state index contributed by atoms with van der Waals surface area (Å²) in [7, 11) is -2.33. The highest BCUT2D eigenvalue weighted by atomic mass is 32.2. The van der Waals surface area contributed by atoms with Gasteiger partial charge in [-0.3, -0.25) is 4.79 Å². The van der Waals surface area contributed by atoms with Crippen molar-refractivity contribution in [3.63, 3.8) is 0 Å². The maximum Gasteiger partial charge on any atom is 0.276 e. The Hall–Kier alpha value is -3.27. The molecule has 36 heavy (non-hydrogen) atoms. The summed E-state index contributed by atoms with van der Waals surface area (Å²) >= 11 is 0. The molecule has 4 N–H and O–H groups in total. The van der Waals surface area contributed by atoms with E-state index in [1.54, 1.807) is 24.3 Å². The number of rotatable bonds is 10. The summed E-state index contributed by atoms with van der Waals surface area (Å²) in [5.74, 6) is -0.357. The number of benzene rings is 3. The predicted molar refractivity (Wildman–Crippen MR) is 137 cm³/mol. The van der Waals surface area contributed by atoms with Gasteiger partial charge in [0.1, 0.15) is 18.2 Å². The van der Waals surface area contributed by atoms with Crippen molar-refractivity contribution in [2.75, 3.05) is 7.05 Å². The molecule has 190 valence electrons. The fraction of sp³-hybridized carbons (Fsp3) is 0.296. The van der Waals surface area contributed by atoms with E-state index < -0.39 is 33.4 Å². The van der Waals surface area contributed by atoms with Gasteiger partial charge >= 0.3 is 0 Å². The number of ether oxygens (including phenoxy) is 1. The number of halogens is 1. The molecular formula is C27H30FN3O4S. The standard InChI is InChI=1S/C27H30FN3O4S/c1-30-36(33,34)31-21-13-14-27(17-21,26(29)32)16-20-11-12-24(28)23(15-20)22-9-5-6-10-25(22)35-18-19-7-3-2-4-8-19/h2-12,15,21,30-31H,13-14,16-18H2,1H3,(H2,29,32)/t21-,27+/m0/s1. The van der Waals surface area contributed by atoms with E-state index in [0.29, 0.717) is 36.3 Å². The van der Waals surface area contributed by atoms with Crippen LogP contribution in [0, 0.1) is 11.2 Å². The van der Waals surface area contributed by atoms with E-state index in [4.69, 9.17) is 10.5 Å². The summed E-state index contributed by atoms with van der Waals surface area (Å²) < 4.78 is 49.7. The smallest absolute Gasteiger partial charge is 0.276 e. The lowest BCUT2D eigenvalue weighted by molar-refractivity contribution is -0.127. The zero-order chi connectivity index (χ0) is 25.8. The minimum absolute atomic E-state index is 0.271. The zero-order valence-corrected chi connectivity index (χ0v) is 20.9. The second kappa shape index (κ2) is 10.8. The lowest BCUT2D eigenvalue weighted by Crippen LogP contribution is -2.43. The first-order chi connectivity index (χ1) is 17.2. The highest BCUT2D eigenvalue weighted by Gasteiger charge is 2.45. The number of para-hydroxylation sites is 1. The first-order valence-electron chi connectivity index (χ1n) is 11.8. The maximum absolute atomic E-state index is 15.0. The molecule has 1 saturated carbocycles. The Morgan fingerprint density at radius 3 is 2.50 bits per heavy atom. The Morgan fingerprint density at radius 1 is 1.06 bits per heavy atom. The number of amides is 1. The SMILES string of the molecule is CNS(=O)(=O)N[C@H]1CC[C@](Cc2ccc(F)c(-c3ccccc3OCc3ccccc3)c2)(C(N)=O)C1. The Labute approximate surface area is 211 Å². The molecule has 7 nitrogen and oxygen atoms in total. The van der Waals surface area contributed by atoms with Crippen molar-refractivity contribution >= 4 is 16.1 Å². The highest BCUT2D eigenvalue weighted by molar-refractivity contribution is 7.87. The van der Waals surface area contributed by atoms with Crippen molar-refractivity contribution < 1.29 is 22.3 Å². The Bertz CT molecular complexity index is 1330. The number of primary amides is 1. The molecule has 0 bridgehead atoms. The van der Waals surface area contributed by atoms with Gasteiger partial charge in [-0.25, -0.2) is 9.11 Å². The Balaban J connectivity index is 1.58. The van der Waals surface area contributed by atoms with Crippen LogP contribution in [0.15, 0.2) is 72.8 Å². The van der Waals surface area contributed by atoms with Crippen molar-refractivity contribution in [1.82, 2.24) is 9.44 Å². The molecule has 9 heteroatoms. The molecule has 3 aromatic rings. The second-order valence-corrected chi connectivity index (χ2v) is 10.8. The first kappa shape index (κ1) is 25.8. The van der Waals surface area contributed by atoms with Gasteiger partial charge in [0.25, 0.3) is 10.2 Å². The highest BCUT2D eigenvalue weighted by Crippen LogP contribution is 2.42. The van der Waals surface area contributed by atoms with Gasteiger partial charge in [0.05, 0.1) is 5.41 Å². The molecule has 0 aliphatic heterocycles. The van der Waals surface area contributed by atoms with Crippen LogP contribution in [-0.2, 0) is 28.0 Å². The average Bonchev–Trinajstić information content (AvgIpc) is 3.28. The summed E-state index contributed by atoms with van der Waals surface area (Å²) in [6, 6.07) is 21.3. The third-order valence-corrected chi connectivity index (χ3v) is 7.89. The lowest BCUT2D eigenvalue weighted by atomic mass is 9.78. The second-order valence-electron chi connectivity index (χ2n) is 9.17. The van der Waals surface area contributed by atoms with Crippen LogP contribution in [-0.4, -0.2) is 27.4 Å². The molecule has 2 atom stereocenters. The Kier molecular flexibility index (Phi) is 7.73. The summed E-state index contributed by atoms with van der Waals surface area (Å²) in [5.41, 5.74) is 7.58. The third kappa shape index (κ3) is 5.92. The van der Waals surface area contributed by atoms with Crippen molar-refractivity contribution in [3.8, 4) is 16.9 Å². The van der Waals surface area contributed by atoms with Crippen molar-refractivity contribution in [2.45, 2.75) is 38.3 Å². The van der Waals surface area contributed by atoms with Crippen molar-refractivity contribution in [2.24, 2.45) is 11.1 Å². The molecule has 3 aromatic carbocycles. The summed E-state index contributed by atoms with van der Waals surface area (Å²) in [6.45, 7) is 0.341. The van der Waals surface area contributed by atoms with Gasteiger partial charge in [0, 0.05) is 24.2 Å². The third-order valence-electron chi connectivity index (χ3n) is 6.71. The summed E-state index contributed by atoms with van der Waals surface area (Å²) in [6.07, 6.45) is 1.46. The van der Waals surface area contributed by atoms with Gasteiger partial charge in [-0.1, -0.05) is 54.6 Å². The lowest BCUT2D eigenvalue weighted by Gasteiger charge is -2.26. The normalized spacial score (nSPS) is 19.8. The largest absolute Gasteiger partial charge is 0.488 e. The van der Waals surface area contributed by atoms with E-state index in [1.165, 1.54) is 13.1 Å². The van der Waals surface area contributed by atoms with E-state index in [2.05, 4.69) is 9.44 Å². The average molecular weight is 512 g/mol. The van der Waals surface area contributed by atoms with E-state index >= 15 is 4.39 Å². The minimum Gasteiger partial charge on any atom is -0.488 e. The molecule has 0 aromatic heterocycles. The number of carbonyl (C=O) groups is 1. The molecule has 0 saturated heterocycles. The van der Waals surface area contributed by atoms with Crippen molar-refractivity contribution in [3.05, 3.63) is 89.7 Å². The number of hydrogen-bond acceptors (Lipinski definition) is 4. The molecule has 1 aliphatic carbocycles. The van der Waals surface area contributed by atoms with Crippen LogP contribution in [0.25, 0.3) is 11.1 Å². The fourth-order valence-corrected chi connectivity index (χ4v) is 5.56. The fourth-order valence-electron chi connectivity index (χ4n) is 4.81. The zero-order valence-electron chi connectivity index (χ0n) is 20.0. The van der Waals surface area contributed by atoms with Crippen LogP contribution < -0.4 is 19.9 Å². The summed E-state index contributed by atoms with van der Waals surface area (Å²) in [4.78, 5) is 12.5. The van der Waals surface area contributed by atoms with E-state index in [-0.39, 0.29) is 12.8 Å². The molecule has 1 fully saturated rings. The molecule has 1 amide bonds. The molecule has 0 radical (unpaired) electrons. The van der Waals surface area contributed by atoms with Crippen LogP contribution in [0.4, 0.5) is 4.39 Å². The van der Waals surface area contributed by atoms with Crippen LogP contribution in [0.3, 0.4) is 0 Å². The molecular weight excluding hydrogens is 481 g/mol. The minimum atomic E-state index is -3.65. The van der Waals surface area contributed by atoms with Gasteiger partial charge in [-0.15, -0.1) is 0 Å². The first-order valence-corrected chi connectivity index (χ1v) is 13.2. The van der Waals surface area contributed by atoms with E-state index in [1.807, 2.05) is 42.5 Å². The van der Waals surface area contributed by atoms with Crippen molar-refractivity contribution in [1.29, 1.82) is 0 Å². The topological polar surface area (TPSA) is 111 Å². The molecule has 0 heterocycles. The van der Waals surface area contributed by atoms with Gasteiger partial charge in [0.15, 0.2) is 0 Å². The number of nitrogens with two attached hydrogens (primary N) is 1. The molecule has 0 unspecified atom stereocenters. The van der Waals surface area contributed by atoms with Crippen LogP contribution in [0.5, 0.6) is 5.75 Å². The van der Waals surface area contributed by atoms with E-state index in [9.17, 15) is 13.2 Å². The molecule has 0 spiro atoms.